The van der Waals surface area contributed by atoms with Crippen LogP contribution in [0.3, 0.4) is 0 Å². The van der Waals surface area contributed by atoms with Gasteiger partial charge in [-0.3, -0.25) is 9.79 Å². The minimum Gasteiger partial charge on any atom is -0.363 e. The maximum absolute atomic E-state index is 12.7. The lowest BCUT2D eigenvalue weighted by atomic mass is 9.92. The van der Waals surface area contributed by atoms with E-state index in [1.807, 2.05) is 41.8 Å². The van der Waals surface area contributed by atoms with E-state index in [1.165, 1.54) is 11.1 Å². The summed E-state index contributed by atoms with van der Waals surface area (Å²) in [5.41, 5.74) is 5.12. The Bertz CT molecular complexity index is 1070. The van der Waals surface area contributed by atoms with Crippen molar-refractivity contribution in [2.24, 2.45) is 10.9 Å². The van der Waals surface area contributed by atoms with E-state index in [4.69, 9.17) is 16.6 Å². The molecule has 2 aliphatic heterocycles. The Kier molecular flexibility index (Phi) is 7.38. The summed E-state index contributed by atoms with van der Waals surface area (Å²) in [5, 5.41) is 11.4. The molecule has 2 unspecified atom stereocenters. The van der Waals surface area contributed by atoms with E-state index in [0.717, 1.165) is 48.5 Å². The molecule has 0 spiro atoms. The van der Waals surface area contributed by atoms with Crippen molar-refractivity contribution in [2.75, 3.05) is 11.9 Å². The number of allylic oxidation sites excluding steroid dienone is 1. The molecule has 6 heteroatoms. The van der Waals surface area contributed by atoms with Gasteiger partial charge in [-0.1, -0.05) is 48.4 Å². The fourth-order valence-corrected chi connectivity index (χ4v) is 4.94. The van der Waals surface area contributed by atoms with Crippen molar-refractivity contribution in [1.82, 2.24) is 5.32 Å². The van der Waals surface area contributed by atoms with Gasteiger partial charge in [0, 0.05) is 28.4 Å². The van der Waals surface area contributed by atoms with Gasteiger partial charge in [0.15, 0.2) is 0 Å². The van der Waals surface area contributed by atoms with Crippen LogP contribution in [0.2, 0.25) is 5.02 Å². The fraction of sp³-hybridized carbons (Fsp3) is 0.308. The number of rotatable bonds is 4. The van der Waals surface area contributed by atoms with E-state index < -0.39 is 0 Å². The van der Waals surface area contributed by atoms with E-state index in [0.29, 0.717) is 10.9 Å². The molecule has 0 aromatic heterocycles. The van der Waals surface area contributed by atoms with E-state index in [1.54, 1.807) is 11.8 Å². The highest BCUT2D eigenvalue weighted by atomic mass is 35.5. The molecule has 2 N–H and O–H groups in total. The molecule has 2 aromatic rings. The predicted octanol–water partition coefficient (Wildman–Crippen LogP) is 6.71. The number of anilines is 1. The first-order valence-electron chi connectivity index (χ1n) is 11.0. The molecule has 32 heavy (non-hydrogen) atoms. The van der Waals surface area contributed by atoms with Crippen LogP contribution < -0.4 is 10.6 Å². The highest BCUT2D eigenvalue weighted by molar-refractivity contribution is 8.05. The summed E-state index contributed by atoms with van der Waals surface area (Å²) in [6.07, 6.45) is 2.70. The van der Waals surface area contributed by atoms with Gasteiger partial charge in [0.1, 0.15) is 5.84 Å². The molecule has 0 aliphatic carbocycles. The molecule has 0 bridgehead atoms. The molecule has 4 rings (SSSR count). The molecule has 2 atom stereocenters. The monoisotopic (exact) mass is 465 g/mol. The van der Waals surface area contributed by atoms with E-state index in [-0.39, 0.29) is 11.9 Å². The van der Waals surface area contributed by atoms with Crippen molar-refractivity contribution in [3.8, 4) is 0 Å². The van der Waals surface area contributed by atoms with Gasteiger partial charge >= 0.3 is 0 Å². The lowest BCUT2D eigenvalue weighted by molar-refractivity contribution is -0.113. The number of carbonyl (C=O) groups excluding carboxylic acids is 1. The lowest BCUT2D eigenvalue weighted by Crippen LogP contribution is -2.31. The van der Waals surface area contributed by atoms with Crippen molar-refractivity contribution in [1.29, 1.82) is 0 Å². The topological polar surface area (TPSA) is 53.5 Å². The molecular weight excluding hydrogens is 438 g/mol. The van der Waals surface area contributed by atoms with Gasteiger partial charge in [-0.2, -0.15) is 0 Å². The quantitative estimate of drug-likeness (QED) is 0.527. The van der Waals surface area contributed by atoms with Gasteiger partial charge in [-0.05, 0) is 72.7 Å². The number of thioether (sulfide) groups is 1. The van der Waals surface area contributed by atoms with Crippen molar-refractivity contribution in [2.45, 2.75) is 39.2 Å². The summed E-state index contributed by atoms with van der Waals surface area (Å²) in [6, 6.07) is 16.1. The molecule has 0 saturated heterocycles. The number of hydrogen-bond donors (Lipinski definition) is 2. The van der Waals surface area contributed by atoms with Gasteiger partial charge in [0.05, 0.1) is 6.04 Å². The van der Waals surface area contributed by atoms with Gasteiger partial charge in [0.25, 0.3) is 5.91 Å². The first-order valence-corrected chi connectivity index (χ1v) is 12.3. The van der Waals surface area contributed by atoms with E-state index in [9.17, 15) is 4.79 Å². The zero-order chi connectivity index (χ0) is 22.5. The average Bonchev–Trinajstić information content (AvgIpc) is 3.12. The number of aliphatic imine (C=N–C) groups is 1. The number of hydrogen-bond acceptors (Lipinski definition) is 4. The summed E-state index contributed by atoms with van der Waals surface area (Å²) in [7, 11) is 0. The molecule has 0 fully saturated rings. The Labute approximate surface area is 199 Å². The summed E-state index contributed by atoms with van der Waals surface area (Å²) in [4.78, 5) is 17.4. The van der Waals surface area contributed by atoms with E-state index in [2.05, 4.69) is 42.0 Å². The molecule has 2 aromatic carbocycles. The minimum absolute atomic E-state index is 0.0234. The third kappa shape index (κ3) is 5.64. The predicted molar refractivity (Wildman–Crippen MR) is 136 cm³/mol. The first kappa shape index (κ1) is 22.7. The van der Waals surface area contributed by atoms with E-state index >= 15 is 0 Å². The van der Waals surface area contributed by atoms with Gasteiger partial charge in [0.2, 0.25) is 0 Å². The van der Waals surface area contributed by atoms with Gasteiger partial charge < -0.3 is 10.6 Å². The Morgan fingerprint density at radius 3 is 2.75 bits per heavy atom. The van der Waals surface area contributed by atoms with Crippen LogP contribution in [-0.2, 0) is 4.79 Å². The summed E-state index contributed by atoms with van der Waals surface area (Å²) in [6.45, 7) is 5.13. The lowest BCUT2D eigenvalue weighted by Gasteiger charge is -2.25. The second-order valence-corrected chi connectivity index (χ2v) is 9.63. The molecule has 0 saturated carbocycles. The number of amides is 1. The second-order valence-electron chi connectivity index (χ2n) is 8.45. The standard InChI is InChI=1S/C26H28ClN3OS/c1-17-6-7-21(16-32-15-17)26(31)29-23-10-8-19(9-11-23)24-18(2)12-13-28-25(30-24)20-4-3-5-22(27)14-20/h3-5,8-11,14-16,18,24H,6-7,12-13H2,1-2H3,(H,28,30)(H,29,31). The summed E-state index contributed by atoms with van der Waals surface area (Å²) < 4.78 is 0. The largest absolute Gasteiger partial charge is 0.363 e. The molecule has 2 heterocycles. The Morgan fingerprint density at radius 2 is 1.97 bits per heavy atom. The number of benzene rings is 2. The zero-order valence-corrected chi connectivity index (χ0v) is 20.0. The number of halogens is 1. The number of amidine groups is 1. The van der Waals surface area contributed by atoms with Crippen LogP contribution in [0.5, 0.6) is 0 Å². The molecular formula is C26H28ClN3OS. The van der Waals surface area contributed by atoms with Crippen LogP contribution in [-0.4, -0.2) is 18.3 Å². The summed E-state index contributed by atoms with van der Waals surface area (Å²) in [5.74, 6) is 1.27. The third-order valence-corrected chi connectivity index (χ3v) is 7.10. The van der Waals surface area contributed by atoms with Gasteiger partial charge in [-0.15, -0.1) is 11.8 Å². The molecule has 166 valence electrons. The Morgan fingerprint density at radius 1 is 1.16 bits per heavy atom. The van der Waals surface area contributed by atoms with Crippen LogP contribution in [0, 0.1) is 5.92 Å². The maximum atomic E-state index is 12.7. The Balaban J connectivity index is 1.46. The van der Waals surface area contributed by atoms with Crippen molar-refractivity contribution in [3.05, 3.63) is 86.6 Å². The van der Waals surface area contributed by atoms with Crippen molar-refractivity contribution >= 4 is 40.8 Å². The summed E-state index contributed by atoms with van der Waals surface area (Å²) >= 11 is 7.77. The number of carbonyl (C=O) groups is 1. The smallest absolute Gasteiger partial charge is 0.252 e. The van der Waals surface area contributed by atoms with Crippen LogP contribution in [0.25, 0.3) is 0 Å². The molecule has 0 radical (unpaired) electrons. The molecule has 4 nitrogen and oxygen atoms in total. The third-order valence-electron chi connectivity index (χ3n) is 5.90. The van der Waals surface area contributed by atoms with Crippen LogP contribution in [0.1, 0.15) is 50.3 Å². The van der Waals surface area contributed by atoms with Crippen molar-refractivity contribution in [3.63, 3.8) is 0 Å². The van der Waals surface area contributed by atoms with Crippen LogP contribution in [0.4, 0.5) is 5.69 Å². The molecule has 1 amide bonds. The maximum Gasteiger partial charge on any atom is 0.252 e. The highest BCUT2D eigenvalue weighted by Crippen LogP contribution is 2.29. The number of nitrogens with zero attached hydrogens (tertiary/aromatic N) is 1. The van der Waals surface area contributed by atoms with Gasteiger partial charge in [-0.25, -0.2) is 0 Å². The fourth-order valence-electron chi connectivity index (χ4n) is 3.94. The normalized spacial score (nSPS) is 21.3. The second kappa shape index (κ2) is 10.4. The Hall–Kier alpha value is -2.50. The minimum atomic E-state index is -0.0234. The SMILES string of the molecule is CC1=CSC=C(C(=O)Nc2ccc(C3NC(c4cccc(Cl)c4)=NCCC3C)cc2)CC1. The number of nitrogens with one attached hydrogen (secondary N) is 2. The van der Waals surface area contributed by atoms with Crippen LogP contribution >= 0.6 is 23.4 Å². The van der Waals surface area contributed by atoms with Crippen LogP contribution in [0.15, 0.2) is 75.5 Å². The first-order chi connectivity index (χ1) is 15.5. The van der Waals surface area contributed by atoms with Crippen molar-refractivity contribution < 1.29 is 4.79 Å². The average molecular weight is 466 g/mol. The zero-order valence-electron chi connectivity index (χ0n) is 18.4. The molecule has 2 aliphatic rings. The highest BCUT2D eigenvalue weighted by Gasteiger charge is 2.24.